The molecular weight excluding hydrogens is 676 g/mol. The number of carbonyl (C=O) groups is 4. The van der Waals surface area contributed by atoms with Crippen LogP contribution in [0.2, 0.25) is 0 Å². The number of carbonyl (C=O) groups excluding carboxylic acids is 4. The summed E-state index contributed by atoms with van der Waals surface area (Å²) in [6, 6.07) is 15.8. The monoisotopic (exact) mass is 709 g/mol. The van der Waals surface area contributed by atoms with Crippen molar-refractivity contribution < 1.29 is 48.0 Å². The van der Waals surface area contributed by atoms with E-state index in [1.807, 2.05) is 0 Å². The van der Waals surface area contributed by atoms with Crippen molar-refractivity contribution in [3.8, 4) is 17.2 Å². The van der Waals surface area contributed by atoms with E-state index in [0.29, 0.717) is 22.8 Å². The predicted molar refractivity (Wildman–Crippen MR) is 179 cm³/mol. The van der Waals surface area contributed by atoms with Crippen LogP contribution in [-0.2, 0) is 38.4 Å². The molecule has 0 saturated carbocycles. The highest BCUT2D eigenvalue weighted by molar-refractivity contribution is 6.18. The third-order valence-electron chi connectivity index (χ3n) is 7.48. The normalized spacial score (nSPS) is 12.6. The number of amides is 3. The lowest BCUT2D eigenvalue weighted by Gasteiger charge is -2.25. The van der Waals surface area contributed by atoms with Gasteiger partial charge in [-0.1, -0.05) is 36.4 Å². The summed E-state index contributed by atoms with van der Waals surface area (Å²) in [5.41, 5.74) is 1.04. The van der Waals surface area contributed by atoms with Crippen molar-refractivity contribution >= 4 is 35.3 Å². The fraction of sp³-hybridized carbons (Fsp3) is 0.222. The molecule has 3 atom stereocenters. The molecule has 0 heterocycles. The number of esters is 1. The maximum Gasteiger partial charge on any atom is 0.329 e. The Kier molecular flexibility index (Phi) is 13.1. The molecule has 0 radical (unpaired) electrons. The largest absolute Gasteiger partial charge is 0.508 e. The molecule has 0 spiro atoms. The van der Waals surface area contributed by atoms with Gasteiger partial charge in [-0.25, -0.2) is 13.6 Å². The Morgan fingerprint density at radius 3 is 1.48 bits per heavy atom. The first-order valence-corrected chi connectivity index (χ1v) is 15.9. The van der Waals surface area contributed by atoms with E-state index in [-0.39, 0.29) is 49.0 Å². The number of phenols is 3. The summed E-state index contributed by atoms with van der Waals surface area (Å²) in [6.07, 6.45) is -0.342. The van der Waals surface area contributed by atoms with Crippen LogP contribution in [0.15, 0.2) is 91.0 Å². The lowest BCUT2D eigenvalue weighted by atomic mass is 10.0. The van der Waals surface area contributed by atoms with E-state index in [1.165, 1.54) is 60.7 Å². The highest BCUT2D eigenvalue weighted by Gasteiger charge is 2.31. The molecule has 11 nitrogen and oxygen atoms in total. The Balaban J connectivity index is 1.63. The van der Waals surface area contributed by atoms with Crippen molar-refractivity contribution in [1.82, 2.24) is 16.0 Å². The van der Waals surface area contributed by atoms with E-state index in [1.54, 1.807) is 12.1 Å². The zero-order valence-corrected chi connectivity index (χ0v) is 27.2. The third-order valence-corrected chi connectivity index (χ3v) is 7.64. The molecule has 14 heteroatoms. The summed E-state index contributed by atoms with van der Waals surface area (Å²) in [6.45, 7) is -0.136. The molecule has 4 rings (SSSR count). The predicted octanol–water partition coefficient (Wildman–Crippen LogP) is 3.66. The summed E-state index contributed by atoms with van der Waals surface area (Å²) >= 11 is 5.69. The van der Waals surface area contributed by atoms with Gasteiger partial charge in [-0.15, -0.1) is 11.6 Å². The van der Waals surface area contributed by atoms with Gasteiger partial charge < -0.3 is 36.0 Å². The molecular formula is C36H34ClF2N3O8. The first-order valence-electron chi connectivity index (χ1n) is 15.3. The van der Waals surface area contributed by atoms with Crippen LogP contribution in [0.4, 0.5) is 8.78 Å². The minimum atomic E-state index is -1.41. The van der Waals surface area contributed by atoms with Crippen molar-refractivity contribution in [2.24, 2.45) is 0 Å². The van der Waals surface area contributed by atoms with Gasteiger partial charge in [0.1, 0.15) is 53.6 Å². The van der Waals surface area contributed by atoms with Gasteiger partial charge in [-0.3, -0.25) is 14.4 Å². The Hall–Kier alpha value is -5.69. The number of rotatable bonds is 15. The molecule has 4 aromatic carbocycles. The van der Waals surface area contributed by atoms with Crippen LogP contribution in [0, 0.1) is 11.6 Å². The average Bonchev–Trinajstić information content (AvgIpc) is 3.08. The molecule has 0 aromatic heterocycles. The maximum atomic E-state index is 14.5. The number of hydrogen-bond acceptors (Lipinski definition) is 8. The summed E-state index contributed by atoms with van der Waals surface area (Å²) in [5, 5.41) is 36.8. The second-order valence-corrected chi connectivity index (χ2v) is 11.6. The fourth-order valence-corrected chi connectivity index (χ4v) is 4.99. The van der Waals surface area contributed by atoms with Crippen LogP contribution < -0.4 is 16.0 Å². The van der Waals surface area contributed by atoms with Gasteiger partial charge in [0.25, 0.3) is 5.91 Å². The smallest absolute Gasteiger partial charge is 0.329 e. The van der Waals surface area contributed by atoms with Gasteiger partial charge in [0.2, 0.25) is 11.8 Å². The van der Waals surface area contributed by atoms with Gasteiger partial charge >= 0.3 is 5.97 Å². The van der Waals surface area contributed by atoms with Gasteiger partial charge in [0.15, 0.2) is 0 Å². The minimum absolute atomic E-state index is 0.00110. The van der Waals surface area contributed by atoms with Crippen molar-refractivity contribution in [1.29, 1.82) is 0 Å². The van der Waals surface area contributed by atoms with E-state index in [4.69, 9.17) is 16.3 Å². The lowest BCUT2D eigenvalue weighted by molar-refractivity contribution is -0.147. The molecule has 0 unspecified atom stereocenters. The minimum Gasteiger partial charge on any atom is -0.508 e. The van der Waals surface area contributed by atoms with Gasteiger partial charge in [0, 0.05) is 25.3 Å². The average molecular weight is 710 g/mol. The molecule has 0 aliphatic heterocycles. The SMILES string of the molecule is O=C(N[C@@H](Cc1ccc(O)cc1)C(=O)N[C@@H](Cc1ccc(O)cc1)C(=O)N[C@@H](Cc1ccc(O)cc1)C(=O)OCCCl)c1ccc(F)cc1F. The standard InChI is InChI=1S/C36H34ClF2N3O8/c37-15-16-50-36(49)32(19-23-5-12-27(45)13-6-23)42-35(48)31(18-22-3-10-26(44)11-4-22)41-34(47)30(17-21-1-8-25(43)9-2-21)40-33(46)28-14-7-24(38)20-29(28)39/h1-14,20,30-32,43-45H,15-19H2,(H,40,46)(H,41,47)(H,42,48)/t30-,31-,32-/m0/s1. The number of hydrogen-bond donors (Lipinski definition) is 6. The number of phenolic OH excluding ortho intramolecular Hbond substituents is 3. The second kappa shape index (κ2) is 17.6. The molecule has 0 aliphatic carbocycles. The van der Waals surface area contributed by atoms with Crippen molar-refractivity contribution in [2.45, 2.75) is 37.4 Å². The van der Waals surface area contributed by atoms with E-state index >= 15 is 0 Å². The quantitative estimate of drug-likeness (QED) is 0.0801. The van der Waals surface area contributed by atoms with Crippen LogP contribution in [0.1, 0.15) is 27.0 Å². The first kappa shape index (κ1) is 37.1. The Morgan fingerprint density at radius 2 is 1.04 bits per heavy atom. The van der Waals surface area contributed by atoms with E-state index < -0.39 is 59.0 Å². The van der Waals surface area contributed by atoms with E-state index in [0.717, 1.165) is 12.1 Å². The number of ether oxygens (including phenoxy) is 1. The Bertz CT molecular complexity index is 1790. The number of aromatic hydroxyl groups is 3. The summed E-state index contributed by atoms with van der Waals surface area (Å²) in [7, 11) is 0. The van der Waals surface area contributed by atoms with Crippen LogP contribution in [0.25, 0.3) is 0 Å². The number of nitrogens with one attached hydrogen (secondary N) is 3. The third kappa shape index (κ3) is 10.9. The van der Waals surface area contributed by atoms with Crippen molar-refractivity contribution in [3.05, 3.63) is 125 Å². The number of alkyl halides is 1. The van der Waals surface area contributed by atoms with Gasteiger partial charge in [-0.2, -0.15) is 0 Å². The second-order valence-electron chi connectivity index (χ2n) is 11.2. The van der Waals surface area contributed by atoms with Crippen LogP contribution in [-0.4, -0.2) is 69.6 Å². The molecule has 3 amide bonds. The zero-order chi connectivity index (χ0) is 36.2. The summed E-state index contributed by atoms with van der Waals surface area (Å²) in [4.78, 5) is 53.9. The first-order chi connectivity index (χ1) is 23.9. The van der Waals surface area contributed by atoms with Gasteiger partial charge in [0.05, 0.1) is 11.4 Å². The van der Waals surface area contributed by atoms with Crippen LogP contribution in [0.3, 0.4) is 0 Å². The fourth-order valence-electron chi connectivity index (χ4n) is 4.91. The molecule has 0 fully saturated rings. The molecule has 4 aromatic rings. The highest BCUT2D eigenvalue weighted by atomic mass is 35.5. The van der Waals surface area contributed by atoms with Crippen molar-refractivity contribution in [2.75, 3.05) is 12.5 Å². The topological polar surface area (TPSA) is 174 Å². The van der Waals surface area contributed by atoms with Crippen LogP contribution in [0.5, 0.6) is 17.2 Å². The molecule has 0 saturated heterocycles. The van der Waals surface area contributed by atoms with Crippen molar-refractivity contribution in [3.63, 3.8) is 0 Å². The Labute approximate surface area is 290 Å². The van der Waals surface area contributed by atoms with E-state index in [2.05, 4.69) is 16.0 Å². The molecule has 0 bridgehead atoms. The summed E-state index contributed by atoms with van der Waals surface area (Å²) < 4.78 is 33.2. The molecule has 0 aliphatic rings. The lowest BCUT2D eigenvalue weighted by Crippen LogP contribution is -2.57. The van der Waals surface area contributed by atoms with Crippen LogP contribution >= 0.6 is 11.6 Å². The zero-order valence-electron chi connectivity index (χ0n) is 26.4. The molecule has 262 valence electrons. The highest BCUT2D eigenvalue weighted by Crippen LogP contribution is 2.16. The molecule has 6 N–H and O–H groups in total. The number of halogens is 3. The van der Waals surface area contributed by atoms with E-state index in [9.17, 15) is 43.3 Å². The maximum absolute atomic E-state index is 14.5. The molecule has 50 heavy (non-hydrogen) atoms. The Morgan fingerprint density at radius 1 is 0.620 bits per heavy atom. The number of benzene rings is 4. The van der Waals surface area contributed by atoms with Gasteiger partial charge in [-0.05, 0) is 65.2 Å². The summed E-state index contributed by atoms with van der Waals surface area (Å²) in [5.74, 6) is -5.67.